The van der Waals surface area contributed by atoms with Gasteiger partial charge < -0.3 is 10.2 Å². The van der Waals surface area contributed by atoms with Gasteiger partial charge >= 0.3 is 0 Å². The van der Waals surface area contributed by atoms with Crippen molar-refractivity contribution in [1.29, 1.82) is 0 Å². The lowest BCUT2D eigenvalue weighted by molar-refractivity contribution is 0.575. The van der Waals surface area contributed by atoms with Gasteiger partial charge in [-0.05, 0) is 50.3 Å². The SMILES string of the molecule is [2H]C1([2H])CC([2H])([2H])[C@]2([2H])c3cc(F)cnc3CC[C@@H](C)NC(=C)c3cnn4ccc(nc34)N12. The summed E-state index contributed by atoms with van der Waals surface area (Å²) in [5.74, 6) is -0.671. The number of hydrogen-bond donors (Lipinski definition) is 1. The number of pyridine rings is 1. The number of aromatic nitrogens is 4. The number of fused-ring (bicyclic) bond motifs is 5. The van der Waals surface area contributed by atoms with Crippen LogP contribution in [0.1, 0.15) is 55.8 Å². The molecule has 0 spiro atoms. The van der Waals surface area contributed by atoms with Crippen LogP contribution in [0.4, 0.5) is 10.2 Å². The van der Waals surface area contributed by atoms with Crippen molar-refractivity contribution in [2.75, 3.05) is 11.4 Å². The second kappa shape index (κ2) is 6.58. The molecule has 0 radical (unpaired) electrons. The van der Waals surface area contributed by atoms with Crippen molar-refractivity contribution in [1.82, 2.24) is 24.9 Å². The molecule has 0 amide bonds. The highest BCUT2D eigenvalue weighted by molar-refractivity contribution is 5.74. The molecule has 2 atom stereocenters. The van der Waals surface area contributed by atoms with Gasteiger partial charge in [0.05, 0.1) is 25.3 Å². The maximum atomic E-state index is 14.4. The lowest BCUT2D eigenvalue weighted by Gasteiger charge is -2.27. The molecule has 0 saturated carbocycles. The van der Waals surface area contributed by atoms with Gasteiger partial charge in [-0.2, -0.15) is 5.10 Å². The highest BCUT2D eigenvalue weighted by Gasteiger charge is 2.30. The van der Waals surface area contributed by atoms with E-state index in [2.05, 4.69) is 27.0 Å². The first kappa shape index (κ1) is 12.5. The van der Waals surface area contributed by atoms with Crippen LogP contribution in [0.3, 0.4) is 0 Å². The van der Waals surface area contributed by atoms with Crippen LogP contribution in [0.2, 0.25) is 0 Å². The summed E-state index contributed by atoms with van der Waals surface area (Å²) < 4.78 is 60.0. The van der Waals surface area contributed by atoms with E-state index < -0.39 is 31.1 Å². The molecule has 2 bridgehead atoms. The second-order valence-corrected chi connectivity index (χ2v) is 7.02. The van der Waals surface area contributed by atoms with Crippen LogP contribution >= 0.6 is 0 Å². The minimum atomic E-state index is -2.37. The standard InChI is InChI=1S/C21H23FN6/c1-13-5-6-18-16(10-15(22)11-23-18)19-4-3-8-27(19)20-7-9-28-21(26-20)17(12-24-28)14(2)25-13/h7,9-13,19,25H,2-6,8H2,1H3/t13-,19-/m1/s1/i4D2,8D2,19D. The van der Waals surface area contributed by atoms with Crippen molar-refractivity contribution in [2.24, 2.45) is 0 Å². The van der Waals surface area contributed by atoms with Gasteiger partial charge in [-0.15, -0.1) is 0 Å². The zero-order valence-electron chi connectivity index (χ0n) is 20.4. The smallest absolute Gasteiger partial charge is 0.166 e. The Kier molecular flexibility index (Phi) is 2.93. The molecule has 6 nitrogen and oxygen atoms in total. The Labute approximate surface area is 170 Å². The van der Waals surface area contributed by atoms with Crippen molar-refractivity contribution < 1.29 is 11.2 Å². The summed E-state index contributed by atoms with van der Waals surface area (Å²) in [5, 5.41) is 7.59. The summed E-state index contributed by atoms with van der Waals surface area (Å²) in [6.45, 7) is 3.78. The molecule has 1 saturated heterocycles. The predicted octanol–water partition coefficient (Wildman–Crippen LogP) is 3.50. The molecular formula is C21H23FN6. The van der Waals surface area contributed by atoms with Gasteiger partial charge in [-0.25, -0.2) is 13.9 Å². The molecular weight excluding hydrogens is 355 g/mol. The second-order valence-electron chi connectivity index (χ2n) is 7.02. The van der Waals surface area contributed by atoms with E-state index in [1.54, 1.807) is 12.4 Å². The van der Waals surface area contributed by atoms with Crippen LogP contribution in [0, 0.1) is 5.82 Å². The molecule has 5 rings (SSSR count). The zero-order valence-corrected chi connectivity index (χ0v) is 15.4. The Balaban J connectivity index is 1.84. The molecule has 28 heavy (non-hydrogen) atoms. The number of nitrogens with one attached hydrogen (secondary N) is 1. The number of halogens is 1. The number of hydrogen-bond acceptors (Lipinski definition) is 5. The fourth-order valence-electron chi connectivity index (χ4n) is 3.64. The largest absolute Gasteiger partial charge is 0.382 e. The lowest BCUT2D eigenvalue weighted by Crippen LogP contribution is -2.26. The zero-order chi connectivity index (χ0) is 23.8. The quantitative estimate of drug-likeness (QED) is 0.644. The average molecular weight is 383 g/mol. The Morgan fingerprint density at radius 2 is 2.32 bits per heavy atom. The summed E-state index contributed by atoms with van der Waals surface area (Å²) in [4.78, 5) is 9.80. The van der Waals surface area contributed by atoms with E-state index in [1.807, 2.05) is 6.92 Å². The number of nitrogens with zero attached hydrogens (tertiary/aromatic N) is 5. The van der Waals surface area contributed by atoms with Crippen LogP contribution in [0.15, 0.2) is 37.3 Å². The Bertz CT molecular complexity index is 1280. The van der Waals surface area contributed by atoms with Crippen molar-refractivity contribution in [3.05, 3.63) is 59.9 Å². The fourth-order valence-corrected chi connectivity index (χ4v) is 3.64. The first-order chi connectivity index (χ1) is 15.4. The molecule has 1 fully saturated rings. The van der Waals surface area contributed by atoms with Crippen molar-refractivity contribution >= 4 is 17.2 Å². The third kappa shape index (κ3) is 2.82. The van der Waals surface area contributed by atoms with Gasteiger partial charge in [0, 0.05) is 35.6 Å². The highest BCUT2D eigenvalue weighted by atomic mass is 19.1. The molecule has 5 heterocycles. The van der Waals surface area contributed by atoms with E-state index in [0.717, 1.165) is 17.2 Å². The van der Waals surface area contributed by atoms with E-state index in [4.69, 9.17) is 5.48 Å². The Morgan fingerprint density at radius 1 is 1.43 bits per heavy atom. The molecule has 2 aliphatic heterocycles. The van der Waals surface area contributed by atoms with Gasteiger partial charge in [-0.3, -0.25) is 4.98 Å². The molecule has 0 unspecified atom stereocenters. The van der Waals surface area contributed by atoms with E-state index in [0.29, 0.717) is 35.4 Å². The van der Waals surface area contributed by atoms with Gasteiger partial charge in [0.2, 0.25) is 0 Å². The third-order valence-electron chi connectivity index (χ3n) is 5.05. The summed E-state index contributed by atoms with van der Waals surface area (Å²) in [5.41, 5.74) is 1.93. The van der Waals surface area contributed by atoms with Crippen molar-refractivity contribution in [2.45, 2.75) is 44.6 Å². The van der Waals surface area contributed by atoms with Gasteiger partial charge in [0.15, 0.2) is 5.65 Å². The molecule has 7 heteroatoms. The van der Waals surface area contributed by atoms with Crippen LogP contribution in [0.25, 0.3) is 11.3 Å². The van der Waals surface area contributed by atoms with E-state index in [-0.39, 0.29) is 17.4 Å². The predicted molar refractivity (Wildman–Crippen MR) is 106 cm³/mol. The van der Waals surface area contributed by atoms with Gasteiger partial charge in [0.25, 0.3) is 0 Å². The highest BCUT2D eigenvalue weighted by Crippen LogP contribution is 2.37. The molecule has 0 aromatic carbocycles. The van der Waals surface area contributed by atoms with E-state index in [9.17, 15) is 5.76 Å². The molecule has 0 aliphatic carbocycles. The van der Waals surface area contributed by atoms with Crippen LogP contribution < -0.4 is 10.2 Å². The van der Waals surface area contributed by atoms with Crippen LogP contribution in [-0.4, -0.2) is 32.1 Å². The molecule has 144 valence electrons. The van der Waals surface area contributed by atoms with Crippen molar-refractivity contribution in [3.63, 3.8) is 0 Å². The van der Waals surface area contributed by atoms with Crippen molar-refractivity contribution in [3.8, 4) is 0 Å². The summed E-state index contributed by atoms with van der Waals surface area (Å²) in [6, 6.07) is 0.201. The lowest BCUT2D eigenvalue weighted by atomic mass is 9.98. The van der Waals surface area contributed by atoms with Gasteiger partial charge in [-0.1, -0.05) is 6.58 Å². The van der Waals surface area contributed by atoms with Crippen LogP contribution in [-0.2, 0) is 6.42 Å². The molecule has 2 aliphatic rings. The van der Waals surface area contributed by atoms with Crippen LogP contribution in [0.5, 0.6) is 0 Å². The summed E-state index contributed by atoms with van der Waals surface area (Å²) >= 11 is 0. The maximum absolute atomic E-state index is 14.4. The third-order valence-corrected chi connectivity index (χ3v) is 5.05. The number of rotatable bonds is 0. The minimum absolute atomic E-state index is 0.00504. The Hall–Kier alpha value is -2.96. The first-order valence-corrected chi connectivity index (χ1v) is 9.19. The monoisotopic (exact) mass is 383 g/mol. The van der Waals surface area contributed by atoms with E-state index >= 15 is 0 Å². The maximum Gasteiger partial charge on any atom is 0.166 e. The molecule has 3 aromatic heterocycles. The molecule has 3 aromatic rings. The fraction of sp³-hybridized carbons (Fsp3) is 0.381. The number of anilines is 1. The normalized spacial score (nSPS) is 31.1. The number of aryl methyl sites for hydroxylation is 1. The molecule has 1 N–H and O–H groups in total. The van der Waals surface area contributed by atoms with E-state index in [1.165, 1.54) is 10.6 Å². The summed E-state index contributed by atoms with van der Waals surface area (Å²) in [7, 11) is 0. The average Bonchev–Trinajstić information content (AvgIpc) is 3.20. The minimum Gasteiger partial charge on any atom is -0.382 e. The first-order valence-electron chi connectivity index (χ1n) is 11.7. The summed E-state index contributed by atoms with van der Waals surface area (Å²) in [6.07, 6.45) is 2.14. The van der Waals surface area contributed by atoms with Gasteiger partial charge in [0.1, 0.15) is 11.6 Å². The Morgan fingerprint density at radius 3 is 3.21 bits per heavy atom. The topological polar surface area (TPSA) is 58.4 Å².